The molecule has 2 atom stereocenters. The van der Waals surface area contributed by atoms with E-state index in [1.807, 2.05) is 13.8 Å². The maximum atomic E-state index is 9.59. The molecule has 3 nitrogen and oxygen atoms in total. The summed E-state index contributed by atoms with van der Waals surface area (Å²) in [6, 6.07) is 0. The second-order valence-corrected chi connectivity index (χ2v) is 4.90. The van der Waals surface area contributed by atoms with E-state index in [4.69, 9.17) is 4.74 Å². The lowest BCUT2D eigenvalue weighted by Crippen LogP contribution is -2.21. The molecule has 0 aliphatic carbocycles. The lowest BCUT2D eigenvalue weighted by Gasteiger charge is -2.16. The normalized spacial score (nSPS) is 16.0. The maximum Gasteiger partial charge on any atom is 0.0774 e. The highest BCUT2D eigenvalue weighted by molar-refractivity contribution is 4.63. The van der Waals surface area contributed by atoms with Gasteiger partial charge in [0.15, 0.2) is 0 Å². The molecule has 0 fully saturated rings. The van der Waals surface area contributed by atoms with Gasteiger partial charge in [0.05, 0.1) is 24.9 Å². The summed E-state index contributed by atoms with van der Waals surface area (Å²) in [7, 11) is 0. The van der Waals surface area contributed by atoms with Crippen LogP contribution in [0.3, 0.4) is 0 Å². The van der Waals surface area contributed by atoms with Crippen LogP contribution < -0.4 is 0 Å². The zero-order valence-electron chi connectivity index (χ0n) is 10.4. The van der Waals surface area contributed by atoms with Gasteiger partial charge in [-0.15, -0.1) is 0 Å². The topological polar surface area (TPSA) is 49.7 Å². The lowest BCUT2D eigenvalue weighted by molar-refractivity contribution is -0.00378. The van der Waals surface area contributed by atoms with Crippen molar-refractivity contribution in [2.75, 3.05) is 6.61 Å². The molecule has 2 unspecified atom stereocenters. The molecule has 15 heavy (non-hydrogen) atoms. The van der Waals surface area contributed by atoms with Crippen LogP contribution in [0, 0.1) is 5.92 Å². The number of ether oxygens (including phenoxy) is 1. The van der Waals surface area contributed by atoms with Crippen molar-refractivity contribution in [3.63, 3.8) is 0 Å². The molecule has 0 saturated carbocycles. The summed E-state index contributed by atoms with van der Waals surface area (Å²) in [4.78, 5) is 0. The Balaban J connectivity index is 3.48. The summed E-state index contributed by atoms with van der Waals surface area (Å²) >= 11 is 0. The average molecular weight is 218 g/mol. The Kier molecular flexibility index (Phi) is 8.02. The molecule has 0 spiro atoms. The molecule has 2 N–H and O–H groups in total. The van der Waals surface area contributed by atoms with Crippen LogP contribution in [-0.4, -0.2) is 35.1 Å². The third-order valence-corrected chi connectivity index (χ3v) is 2.20. The minimum absolute atomic E-state index is 0.153. The van der Waals surface area contributed by atoms with Crippen LogP contribution in [0.15, 0.2) is 0 Å². The second-order valence-electron chi connectivity index (χ2n) is 4.90. The van der Waals surface area contributed by atoms with Crippen LogP contribution in [0.4, 0.5) is 0 Å². The van der Waals surface area contributed by atoms with Gasteiger partial charge in [-0.05, 0) is 39.0 Å². The number of hydrogen-bond acceptors (Lipinski definition) is 3. The van der Waals surface area contributed by atoms with E-state index in [1.54, 1.807) is 0 Å². The average Bonchev–Trinajstić information content (AvgIpc) is 2.10. The van der Waals surface area contributed by atoms with E-state index in [0.717, 1.165) is 6.42 Å². The van der Waals surface area contributed by atoms with Crippen molar-refractivity contribution in [3.05, 3.63) is 0 Å². The quantitative estimate of drug-likeness (QED) is 0.655. The van der Waals surface area contributed by atoms with Crippen molar-refractivity contribution in [1.29, 1.82) is 0 Å². The highest BCUT2D eigenvalue weighted by atomic mass is 16.5. The molecule has 0 bridgehead atoms. The van der Waals surface area contributed by atoms with Crippen molar-refractivity contribution < 1.29 is 14.9 Å². The van der Waals surface area contributed by atoms with Gasteiger partial charge in [-0.25, -0.2) is 0 Å². The van der Waals surface area contributed by atoms with Gasteiger partial charge in [0.1, 0.15) is 0 Å². The molecular weight excluding hydrogens is 192 g/mol. The van der Waals surface area contributed by atoms with Gasteiger partial charge in [-0.3, -0.25) is 0 Å². The van der Waals surface area contributed by atoms with Gasteiger partial charge < -0.3 is 14.9 Å². The fraction of sp³-hybridized carbons (Fsp3) is 1.00. The Morgan fingerprint density at radius 2 is 1.47 bits per heavy atom. The van der Waals surface area contributed by atoms with Gasteiger partial charge in [0, 0.05) is 0 Å². The van der Waals surface area contributed by atoms with E-state index in [1.165, 1.54) is 0 Å². The van der Waals surface area contributed by atoms with Gasteiger partial charge in [0.2, 0.25) is 0 Å². The summed E-state index contributed by atoms with van der Waals surface area (Å²) < 4.78 is 5.29. The predicted molar refractivity (Wildman–Crippen MR) is 61.8 cm³/mol. The van der Waals surface area contributed by atoms with Crippen molar-refractivity contribution in [3.8, 4) is 0 Å². The number of hydrogen-bond donors (Lipinski definition) is 2. The minimum Gasteiger partial charge on any atom is -0.393 e. The van der Waals surface area contributed by atoms with E-state index in [0.29, 0.717) is 25.4 Å². The van der Waals surface area contributed by atoms with Gasteiger partial charge >= 0.3 is 0 Å². The highest BCUT2D eigenvalue weighted by Gasteiger charge is 2.11. The Morgan fingerprint density at radius 3 is 1.93 bits per heavy atom. The first-order chi connectivity index (χ1) is 6.91. The monoisotopic (exact) mass is 218 g/mol. The van der Waals surface area contributed by atoms with E-state index in [9.17, 15) is 10.2 Å². The highest BCUT2D eigenvalue weighted by Crippen LogP contribution is 2.11. The Morgan fingerprint density at radius 1 is 0.933 bits per heavy atom. The Hall–Kier alpha value is -0.120. The molecule has 0 saturated heterocycles. The first kappa shape index (κ1) is 14.9. The van der Waals surface area contributed by atoms with Crippen molar-refractivity contribution >= 4 is 0 Å². The second kappa shape index (κ2) is 8.08. The first-order valence-corrected chi connectivity index (χ1v) is 5.89. The summed E-state index contributed by atoms with van der Waals surface area (Å²) in [6.07, 6.45) is 1.48. The van der Waals surface area contributed by atoms with E-state index < -0.39 is 6.10 Å². The van der Waals surface area contributed by atoms with Gasteiger partial charge in [-0.1, -0.05) is 13.8 Å². The summed E-state index contributed by atoms with van der Waals surface area (Å²) in [5.41, 5.74) is 0. The van der Waals surface area contributed by atoms with Gasteiger partial charge in [0.25, 0.3) is 0 Å². The molecule has 3 heteroatoms. The standard InChI is InChI=1S/C12H26O3/c1-9(2)7-11(13)5-6-12(14)8-15-10(3)4/h9-14H,5-8H2,1-4H3. The fourth-order valence-corrected chi connectivity index (χ4v) is 1.43. The van der Waals surface area contributed by atoms with Crippen LogP contribution in [0.5, 0.6) is 0 Å². The summed E-state index contributed by atoms with van der Waals surface area (Å²) in [5, 5.41) is 19.1. The first-order valence-electron chi connectivity index (χ1n) is 5.89. The lowest BCUT2D eigenvalue weighted by atomic mass is 10.0. The molecule has 0 aliphatic heterocycles. The number of aliphatic hydroxyl groups excluding tert-OH is 2. The molecule has 0 radical (unpaired) electrons. The van der Waals surface area contributed by atoms with E-state index in [2.05, 4.69) is 13.8 Å². The molecule has 0 aromatic heterocycles. The third kappa shape index (κ3) is 10.2. The Labute approximate surface area is 93.5 Å². The zero-order valence-corrected chi connectivity index (χ0v) is 10.4. The van der Waals surface area contributed by atoms with Crippen LogP contribution in [0.25, 0.3) is 0 Å². The van der Waals surface area contributed by atoms with Gasteiger partial charge in [-0.2, -0.15) is 0 Å². The molecule has 0 rings (SSSR count). The van der Waals surface area contributed by atoms with Crippen molar-refractivity contribution in [1.82, 2.24) is 0 Å². The zero-order chi connectivity index (χ0) is 11.8. The SMILES string of the molecule is CC(C)CC(O)CCC(O)COC(C)C. The fourth-order valence-electron chi connectivity index (χ4n) is 1.43. The largest absolute Gasteiger partial charge is 0.393 e. The Bertz CT molecular complexity index is 146. The molecule has 0 heterocycles. The smallest absolute Gasteiger partial charge is 0.0774 e. The van der Waals surface area contributed by atoms with Crippen LogP contribution in [0.2, 0.25) is 0 Å². The summed E-state index contributed by atoms with van der Waals surface area (Å²) in [5.74, 6) is 0.504. The minimum atomic E-state index is -0.450. The predicted octanol–water partition coefficient (Wildman–Crippen LogP) is 1.96. The van der Waals surface area contributed by atoms with Crippen molar-refractivity contribution in [2.24, 2.45) is 5.92 Å². The molecule has 0 amide bonds. The van der Waals surface area contributed by atoms with Crippen molar-refractivity contribution in [2.45, 2.75) is 65.3 Å². The molecule has 92 valence electrons. The number of rotatable bonds is 8. The molecule has 0 aromatic rings. The van der Waals surface area contributed by atoms with Crippen LogP contribution in [0.1, 0.15) is 47.0 Å². The third-order valence-electron chi connectivity index (χ3n) is 2.20. The summed E-state index contributed by atoms with van der Waals surface area (Å²) in [6.45, 7) is 8.43. The maximum absolute atomic E-state index is 9.59. The van der Waals surface area contributed by atoms with E-state index >= 15 is 0 Å². The molecular formula is C12H26O3. The number of aliphatic hydroxyl groups is 2. The molecule has 0 aliphatic rings. The van der Waals surface area contributed by atoms with Crippen LogP contribution >= 0.6 is 0 Å². The molecule has 0 aromatic carbocycles. The van der Waals surface area contributed by atoms with Crippen LogP contribution in [-0.2, 0) is 4.74 Å². The van der Waals surface area contributed by atoms with E-state index in [-0.39, 0.29) is 12.2 Å².